The lowest BCUT2D eigenvalue weighted by Crippen LogP contribution is -2.35. The second-order valence-electron chi connectivity index (χ2n) is 4.55. The van der Waals surface area contributed by atoms with Gasteiger partial charge in [0.1, 0.15) is 0 Å². The van der Waals surface area contributed by atoms with Gasteiger partial charge in [0, 0.05) is 17.6 Å². The van der Waals surface area contributed by atoms with E-state index in [-0.39, 0.29) is 0 Å². The lowest BCUT2D eigenvalue weighted by atomic mass is 10.1. The second-order valence-corrected chi connectivity index (χ2v) is 4.55. The first-order valence-electron chi connectivity index (χ1n) is 6.24. The molecule has 1 saturated heterocycles. The number of nitrogens with zero attached hydrogens (tertiary/aromatic N) is 1. The van der Waals surface area contributed by atoms with Crippen molar-refractivity contribution in [2.75, 3.05) is 18.4 Å². The molecule has 0 bridgehead atoms. The maximum absolute atomic E-state index is 4.47. The highest BCUT2D eigenvalue weighted by Crippen LogP contribution is 2.22. The van der Waals surface area contributed by atoms with Crippen LogP contribution in [0.4, 0.5) is 5.69 Å². The third kappa shape index (κ3) is 2.24. The zero-order valence-corrected chi connectivity index (χ0v) is 9.82. The number of hydrogen-bond acceptors (Lipinski definition) is 3. The minimum Gasteiger partial charge on any atom is -0.380 e. The topological polar surface area (TPSA) is 37.0 Å². The fourth-order valence-corrected chi connectivity index (χ4v) is 2.41. The van der Waals surface area contributed by atoms with E-state index in [4.69, 9.17) is 0 Å². The average molecular weight is 227 g/mol. The van der Waals surface area contributed by atoms with Crippen LogP contribution in [-0.2, 0) is 0 Å². The summed E-state index contributed by atoms with van der Waals surface area (Å²) in [4.78, 5) is 4.47. The van der Waals surface area contributed by atoms with Crippen LogP contribution < -0.4 is 10.6 Å². The van der Waals surface area contributed by atoms with Gasteiger partial charge in [-0.25, -0.2) is 0 Å². The largest absolute Gasteiger partial charge is 0.380 e. The highest BCUT2D eigenvalue weighted by molar-refractivity contribution is 5.90. The minimum atomic E-state index is 0.573. The summed E-state index contributed by atoms with van der Waals surface area (Å²) in [7, 11) is 0. The predicted octanol–water partition coefficient (Wildman–Crippen LogP) is 2.40. The summed E-state index contributed by atoms with van der Waals surface area (Å²) in [5.74, 6) is 0. The summed E-state index contributed by atoms with van der Waals surface area (Å²) in [6.07, 6.45) is 4.22. The minimum absolute atomic E-state index is 0.573. The molecule has 0 aliphatic carbocycles. The molecular weight excluding hydrogens is 210 g/mol. The lowest BCUT2D eigenvalue weighted by molar-refractivity contribution is 0.479. The Hall–Kier alpha value is -1.61. The number of pyridine rings is 1. The zero-order chi connectivity index (χ0) is 11.5. The van der Waals surface area contributed by atoms with Gasteiger partial charge < -0.3 is 10.6 Å². The van der Waals surface area contributed by atoms with Crippen molar-refractivity contribution in [3.8, 4) is 0 Å². The third-order valence-corrected chi connectivity index (χ3v) is 3.33. The standard InChI is InChI=1S/C14H17N3/c1-3-11-4-2-8-16-14(11)13(5-1)17-12-6-9-15-10-7-12/h1-5,8,12,15,17H,6-7,9-10H2. The van der Waals surface area contributed by atoms with Gasteiger partial charge >= 0.3 is 0 Å². The fraction of sp³-hybridized carbons (Fsp3) is 0.357. The number of rotatable bonds is 2. The molecule has 0 spiro atoms. The van der Waals surface area contributed by atoms with Gasteiger partial charge in [0.2, 0.25) is 0 Å². The smallest absolute Gasteiger partial charge is 0.0933 e. The first kappa shape index (κ1) is 10.5. The highest BCUT2D eigenvalue weighted by Gasteiger charge is 2.13. The summed E-state index contributed by atoms with van der Waals surface area (Å²) in [6.45, 7) is 2.21. The fourth-order valence-electron chi connectivity index (χ4n) is 2.41. The summed E-state index contributed by atoms with van der Waals surface area (Å²) in [5.41, 5.74) is 2.24. The van der Waals surface area contributed by atoms with Crippen LogP contribution >= 0.6 is 0 Å². The number of piperidine rings is 1. The SMILES string of the molecule is c1cnc2c(NC3CCNCC3)cccc2c1. The van der Waals surface area contributed by atoms with Crippen molar-refractivity contribution in [1.29, 1.82) is 0 Å². The van der Waals surface area contributed by atoms with E-state index >= 15 is 0 Å². The molecule has 0 atom stereocenters. The Bertz CT molecular complexity index is 498. The number of fused-ring (bicyclic) bond motifs is 1. The van der Waals surface area contributed by atoms with Crippen molar-refractivity contribution < 1.29 is 0 Å². The predicted molar refractivity (Wildman–Crippen MR) is 71.3 cm³/mol. The van der Waals surface area contributed by atoms with E-state index in [1.807, 2.05) is 12.3 Å². The van der Waals surface area contributed by atoms with Gasteiger partial charge in [0.25, 0.3) is 0 Å². The molecule has 2 heterocycles. The van der Waals surface area contributed by atoms with Crippen molar-refractivity contribution >= 4 is 16.6 Å². The molecule has 1 aromatic carbocycles. The van der Waals surface area contributed by atoms with Crippen molar-refractivity contribution in [2.24, 2.45) is 0 Å². The molecule has 3 rings (SSSR count). The third-order valence-electron chi connectivity index (χ3n) is 3.33. The molecule has 1 aromatic heterocycles. The second kappa shape index (κ2) is 4.72. The van der Waals surface area contributed by atoms with E-state index in [1.165, 1.54) is 18.2 Å². The molecule has 1 aliphatic heterocycles. The molecule has 2 aromatic rings. The summed E-state index contributed by atoms with van der Waals surface area (Å²) in [5, 5.41) is 8.20. The van der Waals surface area contributed by atoms with Gasteiger partial charge in [-0.3, -0.25) is 4.98 Å². The van der Waals surface area contributed by atoms with Gasteiger partial charge in [-0.2, -0.15) is 0 Å². The molecule has 1 fully saturated rings. The Labute approximate surface area is 101 Å². The molecule has 17 heavy (non-hydrogen) atoms. The van der Waals surface area contributed by atoms with Crippen LogP contribution in [0.25, 0.3) is 10.9 Å². The Kier molecular flexibility index (Phi) is 2.92. The van der Waals surface area contributed by atoms with Crippen LogP contribution in [0.2, 0.25) is 0 Å². The molecule has 88 valence electrons. The van der Waals surface area contributed by atoms with E-state index in [9.17, 15) is 0 Å². The van der Waals surface area contributed by atoms with Gasteiger partial charge in [0.05, 0.1) is 11.2 Å². The molecule has 0 unspecified atom stereocenters. The monoisotopic (exact) mass is 227 g/mol. The Balaban J connectivity index is 1.89. The van der Waals surface area contributed by atoms with E-state index in [0.717, 1.165) is 24.3 Å². The van der Waals surface area contributed by atoms with Crippen LogP contribution in [0, 0.1) is 0 Å². The zero-order valence-electron chi connectivity index (χ0n) is 9.82. The molecule has 3 nitrogen and oxygen atoms in total. The summed E-state index contributed by atoms with van der Waals surface area (Å²) < 4.78 is 0. The molecule has 0 saturated carbocycles. The van der Waals surface area contributed by atoms with Crippen molar-refractivity contribution in [1.82, 2.24) is 10.3 Å². The summed E-state index contributed by atoms with van der Waals surface area (Å²) >= 11 is 0. The van der Waals surface area contributed by atoms with Gasteiger partial charge in [0.15, 0.2) is 0 Å². The van der Waals surface area contributed by atoms with Gasteiger partial charge in [-0.15, -0.1) is 0 Å². The molecule has 0 amide bonds. The summed E-state index contributed by atoms with van der Waals surface area (Å²) in [6, 6.07) is 11.0. The molecule has 3 heteroatoms. The highest BCUT2D eigenvalue weighted by atomic mass is 15.0. The van der Waals surface area contributed by atoms with Crippen molar-refractivity contribution in [2.45, 2.75) is 18.9 Å². The van der Waals surface area contributed by atoms with Crippen LogP contribution in [-0.4, -0.2) is 24.1 Å². The average Bonchev–Trinajstić information content (AvgIpc) is 2.40. The lowest BCUT2D eigenvalue weighted by Gasteiger charge is -2.25. The molecule has 2 N–H and O–H groups in total. The molecule has 0 radical (unpaired) electrons. The first-order chi connectivity index (χ1) is 8.43. The van der Waals surface area contributed by atoms with Crippen LogP contribution in [0.1, 0.15) is 12.8 Å². The van der Waals surface area contributed by atoms with Gasteiger partial charge in [-0.05, 0) is 38.1 Å². The number of benzene rings is 1. The molecule has 1 aliphatic rings. The van der Waals surface area contributed by atoms with E-state index in [1.54, 1.807) is 0 Å². The quantitative estimate of drug-likeness (QED) is 0.827. The van der Waals surface area contributed by atoms with Crippen LogP contribution in [0.5, 0.6) is 0 Å². The van der Waals surface area contributed by atoms with Crippen molar-refractivity contribution in [3.63, 3.8) is 0 Å². The van der Waals surface area contributed by atoms with E-state index in [0.29, 0.717) is 6.04 Å². The number of hydrogen-bond donors (Lipinski definition) is 2. The maximum Gasteiger partial charge on any atom is 0.0933 e. The maximum atomic E-state index is 4.47. The number of nitrogens with one attached hydrogen (secondary N) is 2. The molecular formula is C14H17N3. The van der Waals surface area contributed by atoms with E-state index < -0.39 is 0 Å². The van der Waals surface area contributed by atoms with Crippen molar-refractivity contribution in [3.05, 3.63) is 36.5 Å². The Morgan fingerprint density at radius 3 is 2.82 bits per heavy atom. The van der Waals surface area contributed by atoms with Crippen LogP contribution in [0.3, 0.4) is 0 Å². The first-order valence-corrected chi connectivity index (χ1v) is 6.24. The van der Waals surface area contributed by atoms with Gasteiger partial charge in [-0.1, -0.05) is 18.2 Å². The number of anilines is 1. The number of aromatic nitrogens is 1. The normalized spacial score (nSPS) is 17.2. The number of para-hydroxylation sites is 1. The Morgan fingerprint density at radius 1 is 1.12 bits per heavy atom. The van der Waals surface area contributed by atoms with E-state index in [2.05, 4.69) is 39.9 Å². The van der Waals surface area contributed by atoms with Crippen LogP contribution in [0.15, 0.2) is 36.5 Å². The Morgan fingerprint density at radius 2 is 1.94 bits per heavy atom.